The van der Waals surface area contributed by atoms with E-state index >= 15 is 0 Å². The first-order valence-electron chi connectivity index (χ1n) is 8.34. The van der Waals surface area contributed by atoms with E-state index in [-0.39, 0.29) is 0 Å². The SMILES string of the molecule is CCCCOc1nc(C2CC2)nc(NC2CCCC2)c1N. The number of hydrogen-bond acceptors (Lipinski definition) is 5. The van der Waals surface area contributed by atoms with Crippen molar-refractivity contribution in [3.05, 3.63) is 5.82 Å². The van der Waals surface area contributed by atoms with Crippen molar-refractivity contribution in [3.8, 4) is 5.88 Å². The fourth-order valence-corrected chi connectivity index (χ4v) is 2.79. The van der Waals surface area contributed by atoms with Crippen LogP contribution in [0.4, 0.5) is 11.5 Å². The van der Waals surface area contributed by atoms with Crippen molar-refractivity contribution in [2.24, 2.45) is 0 Å². The van der Waals surface area contributed by atoms with E-state index in [4.69, 9.17) is 10.5 Å². The van der Waals surface area contributed by atoms with Crippen LogP contribution < -0.4 is 15.8 Å². The van der Waals surface area contributed by atoms with Gasteiger partial charge in [-0.05, 0) is 32.1 Å². The summed E-state index contributed by atoms with van der Waals surface area (Å²) >= 11 is 0. The van der Waals surface area contributed by atoms with E-state index in [2.05, 4.69) is 22.2 Å². The molecular weight excluding hydrogens is 264 g/mol. The van der Waals surface area contributed by atoms with Gasteiger partial charge >= 0.3 is 0 Å². The lowest BCUT2D eigenvalue weighted by Gasteiger charge is -2.17. The number of nitrogens with zero attached hydrogens (tertiary/aromatic N) is 2. The Hall–Kier alpha value is -1.52. The molecule has 5 heteroatoms. The molecule has 0 spiro atoms. The van der Waals surface area contributed by atoms with E-state index in [1.807, 2.05) is 0 Å². The standard InChI is InChI=1S/C16H26N4O/c1-2-3-10-21-16-13(17)15(18-12-6-4-5-7-12)19-14(20-16)11-8-9-11/h11-12H,2-10,17H2,1H3,(H,18,19,20). The van der Waals surface area contributed by atoms with Crippen molar-refractivity contribution in [1.29, 1.82) is 0 Å². The summed E-state index contributed by atoms with van der Waals surface area (Å²) < 4.78 is 5.78. The predicted molar refractivity (Wildman–Crippen MR) is 84.7 cm³/mol. The molecule has 3 rings (SSSR count). The van der Waals surface area contributed by atoms with Crippen molar-refractivity contribution in [3.63, 3.8) is 0 Å². The molecule has 5 nitrogen and oxygen atoms in total. The monoisotopic (exact) mass is 290 g/mol. The molecule has 0 aliphatic heterocycles. The van der Waals surface area contributed by atoms with E-state index in [1.165, 1.54) is 38.5 Å². The van der Waals surface area contributed by atoms with E-state index in [9.17, 15) is 0 Å². The van der Waals surface area contributed by atoms with Crippen LogP contribution in [-0.2, 0) is 0 Å². The smallest absolute Gasteiger partial charge is 0.242 e. The highest BCUT2D eigenvalue weighted by Gasteiger charge is 2.29. The molecule has 1 heterocycles. The molecule has 2 fully saturated rings. The summed E-state index contributed by atoms with van der Waals surface area (Å²) in [4.78, 5) is 9.20. The van der Waals surface area contributed by atoms with Gasteiger partial charge in [-0.15, -0.1) is 0 Å². The molecule has 0 saturated heterocycles. The lowest BCUT2D eigenvalue weighted by Crippen LogP contribution is -2.18. The summed E-state index contributed by atoms with van der Waals surface area (Å²) in [6.45, 7) is 2.82. The number of aromatic nitrogens is 2. The molecule has 116 valence electrons. The van der Waals surface area contributed by atoms with Gasteiger partial charge in [-0.1, -0.05) is 26.2 Å². The Morgan fingerprint density at radius 1 is 1.19 bits per heavy atom. The Kier molecular flexibility index (Phi) is 4.46. The Morgan fingerprint density at radius 2 is 1.95 bits per heavy atom. The average Bonchev–Trinajstić information content (AvgIpc) is 3.21. The van der Waals surface area contributed by atoms with Crippen LogP contribution in [0.2, 0.25) is 0 Å². The summed E-state index contributed by atoms with van der Waals surface area (Å²) in [5.41, 5.74) is 6.79. The Balaban J connectivity index is 1.78. The van der Waals surface area contributed by atoms with Crippen LogP contribution in [0.15, 0.2) is 0 Å². The molecule has 0 radical (unpaired) electrons. The molecular formula is C16H26N4O. The van der Waals surface area contributed by atoms with Crippen LogP contribution in [0.3, 0.4) is 0 Å². The third-order valence-corrected chi connectivity index (χ3v) is 4.30. The molecule has 2 aliphatic rings. The second-order valence-electron chi connectivity index (χ2n) is 6.25. The molecule has 2 aliphatic carbocycles. The van der Waals surface area contributed by atoms with Gasteiger partial charge in [-0.25, -0.2) is 4.98 Å². The zero-order valence-corrected chi connectivity index (χ0v) is 12.9. The summed E-state index contributed by atoms with van der Waals surface area (Å²) in [5.74, 6) is 2.76. The first-order chi connectivity index (χ1) is 10.3. The molecule has 0 aromatic carbocycles. The van der Waals surface area contributed by atoms with E-state index in [0.29, 0.717) is 30.1 Å². The number of nitrogen functional groups attached to an aromatic ring is 1. The van der Waals surface area contributed by atoms with Crippen LogP contribution in [0.1, 0.15) is 70.0 Å². The van der Waals surface area contributed by atoms with Gasteiger partial charge in [0.1, 0.15) is 11.5 Å². The molecule has 3 N–H and O–H groups in total. The molecule has 0 unspecified atom stereocenters. The minimum Gasteiger partial charge on any atom is -0.476 e. The second-order valence-corrected chi connectivity index (χ2v) is 6.25. The van der Waals surface area contributed by atoms with Crippen LogP contribution in [0.5, 0.6) is 5.88 Å². The van der Waals surface area contributed by atoms with Gasteiger partial charge in [0.2, 0.25) is 5.88 Å². The van der Waals surface area contributed by atoms with Crippen LogP contribution in [-0.4, -0.2) is 22.6 Å². The van der Waals surface area contributed by atoms with Gasteiger partial charge in [0.05, 0.1) is 6.61 Å². The fourth-order valence-electron chi connectivity index (χ4n) is 2.79. The quantitative estimate of drug-likeness (QED) is 0.752. The van der Waals surface area contributed by atoms with Crippen molar-refractivity contribution in [2.75, 3.05) is 17.7 Å². The number of nitrogens with two attached hydrogens (primary N) is 1. The van der Waals surface area contributed by atoms with Crippen molar-refractivity contribution in [1.82, 2.24) is 9.97 Å². The molecule has 0 bridgehead atoms. The third kappa shape index (κ3) is 3.57. The normalized spacial score (nSPS) is 18.9. The molecule has 21 heavy (non-hydrogen) atoms. The fraction of sp³-hybridized carbons (Fsp3) is 0.750. The highest BCUT2D eigenvalue weighted by molar-refractivity contribution is 5.67. The van der Waals surface area contributed by atoms with E-state index < -0.39 is 0 Å². The Morgan fingerprint density at radius 3 is 2.62 bits per heavy atom. The van der Waals surface area contributed by atoms with Gasteiger partial charge in [-0.2, -0.15) is 4.98 Å². The summed E-state index contributed by atoms with van der Waals surface area (Å²) in [5, 5.41) is 3.51. The highest BCUT2D eigenvalue weighted by atomic mass is 16.5. The predicted octanol–water partition coefficient (Wildman–Crippen LogP) is 3.47. The third-order valence-electron chi connectivity index (χ3n) is 4.30. The highest BCUT2D eigenvalue weighted by Crippen LogP contribution is 2.41. The Labute approximate surface area is 126 Å². The first kappa shape index (κ1) is 14.4. The van der Waals surface area contributed by atoms with Gasteiger partial charge in [0.25, 0.3) is 0 Å². The number of ether oxygens (including phenoxy) is 1. The molecule has 2 saturated carbocycles. The maximum absolute atomic E-state index is 6.22. The molecule has 0 atom stereocenters. The van der Waals surface area contributed by atoms with Gasteiger partial charge in [0.15, 0.2) is 5.82 Å². The van der Waals surface area contributed by atoms with E-state index in [1.54, 1.807) is 0 Å². The molecule has 1 aromatic heterocycles. The lowest BCUT2D eigenvalue weighted by molar-refractivity contribution is 0.298. The number of nitrogens with one attached hydrogen (secondary N) is 1. The topological polar surface area (TPSA) is 73.1 Å². The average molecular weight is 290 g/mol. The van der Waals surface area contributed by atoms with E-state index in [0.717, 1.165) is 24.5 Å². The van der Waals surface area contributed by atoms with Gasteiger partial charge < -0.3 is 15.8 Å². The van der Waals surface area contributed by atoms with Crippen LogP contribution in [0, 0.1) is 0 Å². The maximum atomic E-state index is 6.22. The zero-order valence-electron chi connectivity index (χ0n) is 12.9. The van der Waals surface area contributed by atoms with Crippen molar-refractivity contribution >= 4 is 11.5 Å². The number of anilines is 2. The molecule has 1 aromatic rings. The second kappa shape index (κ2) is 6.50. The van der Waals surface area contributed by atoms with Crippen LogP contribution in [0.25, 0.3) is 0 Å². The lowest BCUT2D eigenvalue weighted by atomic mass is 10.2. The number of rotatable bonds is 7. The minimum absolute atomic E-state index is 0.498. The summed E-state index contributed by atoms with van der Waals surface area (Å²) in [7, 11) is 0. The summed E-state index contributed by atoms with van der Waals surface area (Å²) in [6.07, 6.45) is 9.47. The van der Waals surface area contributed by atoms with Crippen molar-refractivity contribution in [2.45, 2.75) is 70.3 Å². The van der Waals surface area contributed by atoms with Gasteiger partial charge in [0, 0.05) is 12.0 Å². The van der Waals surface area contributed by atoms with Gasteiger partial charge in [-0.3, -0.25) is 0 Å². The zero-order chi connectivity index (χ0) is 14.7. The molecule has 0 amide bonds. The van der Waals surface area contributed by atoms with Crippen LogP contribution >= 0.6 is 0 Å². The Bertz CT molecular complexity index is 481. The largest absolute Gasteiger partial charge is 0.476 e. The summed E-state index contributed by atoms with van der Waals surface area (Å²) in [6, 6.07) is 0.498. The minimum atomic E-state index is 0.498. The van der Waals surface area contributed by atoms with Crippen molar-refractivity contribution < 1.29 is 4.74 Å². The maximum Gasteiger partial charge on any atom is 0.242 e. The number of unbranched alkanes of at least 4 members (excludes halogenated alkanes) is 1. The first-order valence-corrected chi connectivity index (χ1v) is 8.34. The number of hydrogen-bond donors (Lipinski definition) is 2.